The van der Waals surface area contributed by atoms with Crippen LogP contribution in [0.5, 0.6) is 5.75 Å². The molecule has 7 nitrogen and oxygen atoms in total. The number of anilines is 2. The largest absolute Gasteiger partial charge is 0.484 e. The second-order valence-corrected chi connectivity index (χ2v) is 9.65. The van der Waals surface area contributed by atoms with Crippen molar-refractivity contribution in [1.29, 1.82) is 0 Å². The maximum atomic E-state index is 12.4. The quantitative estimate of drug-likeness (QED) is 0.214. The standard InChI is InChI=1S/C32H26N4O3S/c37-29(21-38-25-11-5-2-6-12-25)34-23-14-16-24(17-15-23)36-31(30(35-32(36)40)26-13-7-8-20-33-26)28-19-18-27(39-28)22-9-3-1-4-10-22/h1-20,30-31H,21H2,(H,34,37)(H,35,40)/t30-,31-/m0/s1. The van der Waals surface area contributed by atoms with Gasteiger partial charge in [0.2, 0.25) is 0 Å². The van der Waals surface area contributed by atoms with E-state index < -0.39 is 0 Å². The molecule has 0 unspecified atom stereocenters. The molecule has 1 fully saturated rings. The number of ether oxygens (including phenoxy) is 1. The molecule has 1 amide bonds. The number of rotatable bonds is 8. The fraction of sp³-hybridized carbons (Fsp3) is 0.0938. The highest BCUT2D eigenvalue weighted by atomic mass is 32.1. The van der Waals surface area contributed by atoms with Gasteiger partial charge in [-0.1, -0.05) is 54.6 Å². The molecule has 6 rings (SSSR count). The van der Waals surface area contributed by atoms with Gasteiger partial charge in [0.05, 0.1) is 11.7 Å². The van der Waals surface area contributed by atoms with Gasteiger partial charge in [0.1, 0.15) is 23.3 Å². The summed E-state index contributed by atoms with van der Waals surface area (Å²) in [5.74, 6) is 1.94. The number of hydrogen-bond donors (Lipinski definition) is 2. The monoisotopic (exact) mass is 546 g/mol. The van der Waals surface area contributed by atoms with Crippen molar-refractivity contribution in [3.63, 3.8) is 0 Å². The number of aromatic nitrogens is 1. The summed E-state index contributed by atoms with van der Waals surface area (Å²) in [7, 11) is 0. The van der Waals surface area contributed by atoms with E-state index in [9.17, 15) is 4.79 Å². The van der Waals surface area contributed by atoms with Crippen LogP contribution in [0.4, 0.5) is 11.4 Å². The van der Waals surface area contributed by atoms with Gasteiger partial charge in [-0.25, -0.2) is 0 Å². The lowest BCUT2D eigenvalue weighted by atomic mass is 10.0. The lowest BCUT2D eigenvalue weighted by Gasteiger charge is -2.26. The number of pyridine rings is 1. The Hall–Kier alpha value is -4.95. The Balaban J connectivity index is 1.24. The predicted octanol–water partition coefficient (Wildman–Crippen LogP) is 6.54. The molecule has 5 aromatic rings. The number of thiocarbonyl (C=S) groups is 1. The number of benzene rings is 3. The topological polar surface area (TPSA) is 79.6 Å². The van der Waals surface area contributed by atoms with E-state index in [0.29, 0.717) is 16.5 Å². The van der Waals surface area contributed by atoms with E-state index >= 15 is 0 Å². The van der Waals surface area contributed by atoms with Crippen molar-refractivity contribution < 1.29 is 13.9 Å². The van der Waals surface area contributed by atoms with E-state index in [4.69, 9.17) is 21.4 Å². The third kappa shape index (κ3) is 5.43. The molecule has 2 atom stereocenters. The second kappa shape index (κ2) is 11.4. The predicted molar refractivity (Wildman–Crippen MR) is 159 cm³/mol. The molecule has 8 heteroatoms. The smallest absolute Gasteiger partial charge is 0.262 e. The maximum Gasteiger partial charge on any atom is 0.262 e. The normalized spacial score (nSPS) is 16.4. The first-order valence-electron chi connectivity index (χ1n) is 12.9. The van der Waals surface area contributed by atoms with Crippen LogP contribution in [0.1, 0.15) is 23.5 Å². The minimum atomic E-state index is -0.278. The van der Waals surface area contributed by atoms with E-state index in [1.165, 1.54) is 0 Å². The summed E-state index contributed by atoms with van der Waals surface area (Å²) >= 11 is 5.82. The SMILES string of the molecule is O=C(COc1ccccc1)Nc1ccc(N2C(=S)N[C@@H](c3ccccn3)[C@@H]2c2ccc(-c3ccccc3)o2)cc1. The first-order chi connectivity index (χ1) is 19.7. The van der Waals surface area contributed by atoms with Gasteiger partial charge >= 0.3 is 0 Å². The summed E-state index contributed by atoms with van der Waals surface area (Å²) in [6, 6.07) is 36.1. The van der Waals surface area contributed by atoms with Crippen molar-refractivity contribution in [2.75, 3.05) is 16.8 Å². The molecule has 40 heavy (non-hydrogen) atoms. The van der Waals surface area contributed by atoms with E-state index in [2.05, 4.69) is 15.6 Å². The first kappa shape index (κ1) is 25.3. The molecule has 3 heterocycles. The number of carbonyl (C=O) groups excluding carboxylic acids is 1. The van der Waals surface area contributed by atoms with Crippen molar-refractivity contribution in [1.82, 2.24) is 10.3 Å². The zero-order chi connectivity index (χ0) is 27.3. The number of nitrogens with one attached hydrogen (secondary N) is 2. The first-order valence-corrected chi connectivity index (χ1v) is 13.3. The van der Waals surface area contributed by atoms with Crippen LogP contribution >= 0.6 is 12.2 Å². The van der Waals surface area contributed by atoms with Gasteiger partial charge in [0.15, 0.2) is 11.7 Å². The Labute approximate surface area is 237 Å². The third-order valence-electron chi connectivity index (χ3n) is 6.62. The number of hydrogen-bond acceptors (Lipinski definition) is 5. The van der Waals surface area contributed by atoms with Crippen LogP contribution in [-0.4, -0.2) is 22.6 Å². The Kier molecular flexibility index (Phi) is 7.24. The van der Waals surface area contributed by atoms with E-state index in [0.717, 1.165) is 28.5 Å². The molecule has 0 aliphatic carbocycles. The number of para-hydroxylation sites is 1. The lowest BCUT2D eigenvalue weighted by Crippen LogP contribution is -2.29. The van der Waals surface area contributed by atoms with E-state index in [-0.39, 0.29) is 24.6 Å². The van der Waals surface area contributed by atoms with Crippen LogP contribution in [0, 0.1) is 0 Å². The molecule has 0 saturated carbocycles. The van der Waals surface area contributed by atoms with Gasteiger partial charge in [-0.2, -0.15) is 0 Å². The maximum absolute atomic E-state index is 12.4. The Bertz CT molecular complexity index is 1590. The van der Waals surface area contributed by atoms with Crippen molar-refractivity contribution in [3.8, 4) is 17.1 Å². The van der Waals surface area contributed by atoms with Crippen LogP contribution < -0.4 is 20.3 Å². The molecule has 0 bridgehead atoms. The number of furan rings is 1. The van der Waals surface area contributed by atoms with Gasteiger partial charge in [0, 0.05) is 23.1 Å². The van der Waals surface area contributed by atoms with Crippen molar-refractivity contribution >= 4 is 34.6 Å². The number of nitrogens with zero attached hydrogens (tertiary/aromatic N) is 2. The number of amides is 1. The summed E-state index contributed by atoms with van der Waals surface area (Å²) in [5, 5.41) is 6.89. The minimum absolute atomic E-state index is 0.0814. The Morgan fingerprint density at radius 3 is 2.35 bits per heavy atom. The molecular formula is C32H26N4O3S. The molecule has 0 spiro atoms. The van der Waals surface area contributed by atoms with E-state index in [1.807, 2.05) is 120 Å². The summed E-state index contributed by atoms with van der Waals surface area (Å²) in [6.07, 6.45) is 1.77. The average Bonchev–Trinajstić information content (AvgIpc) is 3.63. The fourth-order valence-electron chi connectivity index (χ4n) is 4.76. The summed E-state index contributed by atoms with van der Waals surface area (Å²) in [6.45, 7) is -0.0814. The van der Waals surface area contributed by atoms with E-state index in [1.54, 1.807) is 6.20 Å². The molecule has 2 aromatic heterocycles. The van der Waals surface area contributed by atoms with Crippen LogP contribution in [0.15, 0.2) is 126 Å². The highest BCUT2D eigenvalue weighted by Crippen LogP contribution is 2.43. The fourth-order valence-corrected chi connectivity index (χ4v) is 5.11. The van der Waals surface area contributed by atoms with Crippen molar-refractivity contribution in [2.24, 2.45) is 0 Å². The average molecular weight is 547 g/mol. The third-order valence-corrected chi connectivity index (χ3v) is 6.93. The zero-order valence-electron chi connectivity index (χ0n) is 21.4. The lowest BCUT2D eigenvalue weighted by molar-refractivity contribution is -0.118. The Morgan fingerprint density at radius 2 is 1.62 bits per heavy atom. The molecule has 0 radical (unpaired) electrons. The molecule has 1 saturated heterocycles. The van der Waals surface area contributed by atoms with Gasteiger partial charge in [-0.15, -0.1) is 0 Å². The molecule has 198 valence electrons. The van der Waals surface area contributed by atoms with Gasteiger partial charge in [0.25, 0.3) is 5.91 Å². The molecule has 1 aliphatic rings. The highest BCUT2D eigenvalue weighted by Gasteiger charge is 2.42. The number of carbonyl (C=O) groups is 1. The van der Waals surface area contributed by atoms with Crippen LogP contribution in [0.25, 0.3) is 11.3 Å². The zero-order valence-corrected chi connectivity index (χ0v) is 22.3. The van der Waals surface area contributed by atoms with Crippen LogP contribution in [0.2, 0.25) is 0 Å². The van der Waals surface area contributed by atoms with Gasteiger partial charge in [-0.05, 0) is 72.9 Å². The molecular weight excluding hydrogens is 520 g/mol. The van der Waals surface area contributed by atoms with Crippen molar-refractivity contribution in [3.05, 3.63) is 133 Å². The highest BCUT2D eigenvalue weighted by molar-refractivity contribution is 7.80. The summed E-state index contributed by atoms with van der Waals surface area (Å²) < 4.78 is 12.0. The Morgan fingerprint density at radius 1 is 0.900 bits per heavy atom. The molecule has 3 aromatic carbocycles. The summed E-state index contributed by atoms with van der Waals surface area (Å²) in [4.78, 5) is 19.1. The van der Waals surface area contributed by atoms with Crippen LogP contribution in [-0.2, 0) is 4.79 Å². The van der Waals surface area contributed by atoms with Gasteiger partial charge < -0.3 is 24.7 Å². The van der Waals surface area contributed by atoms with Gasteiger partial charge in [-0.3, -0.25) is 9.78 Å². The summed E-state index contributed by atoms with van der Waals surface area (Å²) in [5.41, 5.74) is 3.37. The van der Waals surface area contributed by atoms with Crippen molar-refractivity contribution in [2.45, 2.75) is 12.1 Å². The minimum Gasteiger partial charge on any atom is -0.484 e. The molecule has 1 aliphatic heterocycles. The second-order valence-electron chi connectivity index (χ2n) is 9.26. The molecule has 2 N–H and O–H groups in total. The van der Waals surface area contributed by atoms with Crippen LogP contribution in [0.3, 0.4) is 0 Å².